The van der Waals surface area contributed by atoms with Gasteiger partial charge in [0, 0.05) is 21.1 Å². The van der Waals surface area contributed by atoms with Gasteiger partial charge in [-0.25, -0.2) is 0 Å². The molecule has 3 rings (SSSR count). The van der Waals surface area contributed by atoms with Crippen molar-refractivity contribution in [2.75, 3.05) is 23.9 Å². The number of rotatable bonds is 8. The number of ether oxygens (including phenoxy) is 1. The van der Waals surface area contributed by atoms with Gasteiger partial charge in [-0.1, -0.05) is 30.3 Å². The highest BCUT2D eigenvalue weighted by Crippen LogP contribution is 2.25. The molecule has 0 spiro atoms. The lowest BCUT2D eigenvalue weighted by atomic mass is 10.2. The summed E-state index contributed by atoms with van der Waals surface area (Å²) in [4.78, 5) is 14.7. The second-order valence-corrected chi connectivity index (χ2v) is 7.71. The van der Waals surface area contributed by atoms with E-state index in [-0.39, 0.29) is 5.91 Å². The lowest BCUT2D eigenvalue weighted by molar-refractivity contribution is 0.102. The minimum Gasteiger partial charge on any atom is -0.493 e. The first-order valence-electron chi connectivity index (χ1n) is 8.61. The monoisotopic (exact) mass is 395 g/mol. The average Bonchev–Trinajstić information content (AvgIpc) is 2.73. The van der Waals surface area contributed by atoms with Crippen molar-refractivity contribution in [1.82, 2.24) is 0 Å². The van der Waals surface area contributed by atoms with Gasteiger partial charge in [-0.3, -0.25) is 4.79 Å². The maximum Gasteiger partial charge on any atom is 0.255 e. The Morgan fingerprint density at radius 3 is 2.37 bits per heavy atom. The van der Waals surface area contributed by atoms with Crippen LogP contribution in [0.4, 0.5) is 5.69 Å². The number of thioether (sulfide) groups is 2. The fourth-order valence-corrected chi connectivity index (χ4v) is 3.79. The molecule has 0 radical (unpaired) electrons. The Kier molecular flexibility index (Phi) is 7.25. The van der Waals surface area contributed by atoms with Crippen LogP contribution in [-0.2, 0) is 0 Å². The minimum absolute atomic E-state index is 0.123. The highest BCUT2D eigenvalue weighted by atomic mass is 32.2. The maximum absolute atomic E-state index is 12.4. The molecule has 0 saturated carbocycles. The standard InChI is InChI=1S/C22H21NO2S2/c1-26-21-10-6-5-9-20(21)23-22(24)17-11-13-18(14-12-17)25-15-16-27-19-7-3-2-4-8-19/h2-14H,15-16H2,1H3,(H,23,24). The molecule has 1 amide bonds. The van der Waals surface area contributed by atoms with E-state index in [4.69, 9.17) is 4.74 Å². The van der Waals surface area contributed by atoms with Crippen LogP contribution in [0, 0.1) is 0 Å². The van der Waals surface area contributed by atoms with Crippen LogP contribution in [0.2, 0.25) is 0 Å². The van der Waals surface area contributed by atoms with Crippen molar-refractivity contribution < 1.29 is 9.53 Å². The molecule has 0 aromatic heterocycles. The van der Waals surface area contributed by atoms with Gasteiger partial charge in [0.2, 0.25) is 0 Å². The van der Waals surface area contributed by atoms with Crippen molar-refractivity contribution in [3.63, 3.8) is 0 Å². The largest absolute Gasteiger partial charge is 0.493 e. The number of benzene rings is 3. The van der Waals surface area contributed by atoms with Crippen LogP contribution in [0.25, 0.3) is 0 Å². The number of para-hydroxylation sites is 1. The van der Waals surface area contributed by atoms with Gasteiger partial charge < -0.3 is 10.1 Å². The topological polar surface area (TPSA) is 38.3 Å². The smallest absolute Gasteiger partial charge is 0.255 e. The predicted octanol–water partition coefficient (Wildman–Crippen LogP) is 5.83. The van der Waals surface area contributed by atoms with Gasteiger partial charge in [-0.2, -0.15) is 0 Å². The summed E-state index contributed by atoms with van der Waals surface area (Å²) in [6.07, 6.45) is 1.99. The van der Waals surface area contributed by atoms with E-state index < -0.39 is 0 Å². The zero-order valence-electron chi connectivity index (χ0n) is 15.1. The first kappa shape index (κ1) is 19.4. The molecule has 1 N–H and O–H groups in total. The molecule has 27 heavy (non-hydrogen) atoms. The van der Waals surface area contributed by atoms with E-state index in [1.54, 1.807) is 35.7 Å². The second kappa shape index (κ2) is 10.1. The molecule has 3 nitrogen and oxygen atoms in total. The van der Waals surface area contributed by atoms with Gasteiger partial charge in [0.15, 0.2) is 0 Å². The van der Waals surface area contributed by atoms with E-state index in [2.05, 4.69) is 17.4 Å². The summed E-state index contributed by atoms with van der Waals surface area (Å²) in [6, 6.07) is 25.3. The number of hydrogen-bond donors (Lipinski definition) is 1. The van der Waals surface area contributed by atoms with E-state index in [0.717, 1.165) is 22.1 Å². The Morgan fingerprint density at radius 1 is 0.926 bits per heavy atom. The molecule has 0 aliphatic rings. The van der Waals surface area contributed by atoms with Crippen LogP contribution in [0.15, 0.2) is 88.7 Å². The first-order chi connectivity index (χ1) is 13.3. The van der Waals surface area contributed by atoms with Crippen molar-refractivity contribution in [2.24, 2.45) is 0 Å². The molecule has 3 aromatic carbocycles. The molecule has 0 atom stereocenters. The number of nitrogens with one attached hydrogen (secondary N) is 1. The summed E-state index contributed by atoms with van der Waals surface area (Å²) >= 11 is 3.37. The van der Waals surface area contributed by atoms with Crippen molar-refractivity contribution in [3.8, 4) is 5.75 Å². The lowest BCUT2D eigenvalue weighted by Crippen LogP contribution is -2.12. The van der Waals surface area contributed by atoms with Crippen molar-refractivity contribution in [1.29, 1.82) is 0 Å². The molecule has 0 aliphatic carbocycles. The average molecular weight is 396 g/mol. The lowest BCUT2D eigenvalue weighted by Gasteiger charge is -2.10. The highest BCUT2D eigenvalue weighted by molar-refractivity contribution is 7.99. The van der Waals surface area contributed by atoms with E-state index in [1.165, 1.54) is 4.90 Å². The molecule has 5 heteroatoms. The van der Waals surface area contributed by atoms with E-state index in [1.807, 2.05) is 60.9 Å². The third kappa shape index (κ3) is 5.81. The summed E-state index contributed by atoms with van der Waals surface area (Å²) in [6.45, 7) is 0.617. The van der Waals surface area contributed by atoms with Gasteiger partial charge in [-0.05, 0) is 54.8 Å². The number of amides is 1. The number of carbonyl (C=O) groups is 1. The molecule has 3 aromatic rings. The van der Waals surface area contributed by atoms with Crippen molar-refractivity contribution in [3.05, 3.63) is 84.4 Å². The maximum atomic E-state index is 12.4. The third-order valence-corrected chi connectivity index (χ3v) is 5.61. The molecule has 0 heterocycles. The molecule has 0 aliphatic heterocycles. The zero-order chi connectivity index (χ0) is 18.9. The van der Waals surface area contributed by atoms with Gasteiger partial charge in [0.25, 0.3) is 5.91 Å². The Hall–Kier alpha value is -2.37. The van der Waals surface area contributed by atoms with Gasteiger partial charge in [0.05, 0.1) is 12.3 Å². The quantitative estimate of drug-likeness (QED) is 0.385. The summed E-state index contributed by atoms with van der Waals surface area (Å²) in [7, 11) is 0. The van der Waals surface area contributed by atoms with Crippen LogP contribution in [0.3, 0.4) is 0 Å². The number of carbonyl (C=O) groups excluding carboxylic acids is 1. The van der Waals surface area contributed by atoms with Crippen LogP contribution in [0.1, 0.15) is 10.4 Å². The molecule has 0 unspecified atom stereocenters. The van der Waals surface area contributed by atoms with Crippen LogP contribution >= 0.6 is 23.5 Å². The van der Waals surface area contributed by atoms with Crippen LogP contribution in [-0.4, -0.2) is 24.5 Å². The van der Waals surface area contributed by atoms with Gasteiger partial charge in [0.1, 0.15) is 5.75 Å². The van der Waals surface area contributed by atoms with Crippen LogP contribution < -0.4 is 10.1 Å². The van der Waals surface area contributed by atoms with E-state index in [0.29, 0.717) is 12.2 Å². The van der Waals surface area contributed by atoms with E-state index in [9.17, 15) is 4.79 Å². The van der Waals surface area contributed by atoms with Crippen molar-refractivity contribution in [2.45, 2.75) is 9.79 Å². The third-order valence-electron chi connectivity index (χ3n) is 3.84. The van der Waals surface area contributed by atoms with Crippen molar-refractivity contribution >= 4 is 35.1 Å². The molecule has 0 bridgehead atoms. The van der Waals surface area contributed by atoms with Crippen LogP contribution in [0.5, 0.6) is 5.75 Å². The number of anilines is 1. The molecule has 0 saturated heterocycles. The Balaban J connectivity index is 1.50. The second-order valence-electron chi connectivity index (χ2n) is 5.69. The Bertz CT molecular complexity index is 867. The van der Waals surface area contributed by atoms with Gasteiger partial charge in [-0.15, -0.1) is 23.5 Å². The SMILES string of the molecule is CSc1ccccc1NC(=O)c1ccc(OCCSc2ccccc2)cc1. The normalized spacial score (nSPS) is 10.4. The summed E-state index contributed by atoms with van der Waals surface area (Å²) in [5, 5.41) is 2.96. The summed E-state index contributed by atoms with van der Waals surface area (Å²) < 4.78 is 5.76. The molecular weight excluding hydrogens is 374 g/mol. The van der Waals surface area contributed by atoms with E-state index >= 15 is 0 Å². The Morgan fingerprint density at radius 2 is 1.63 bits per heavy atom. The molecular formula is C22H21NO2S2. The predicted molar refractivity (Wildman–Crippen MR) is 115 cm³/mol. The highest BCUT2D eigenvalue weighted by Gasteiger charge is 2.08. The molecule has 0 fully saturated rings. The fraction of sp³-hybridized carbons (Fsp3) is 0.136. The minimum atomic E-state index is -0.123. The Labute approximate surface area is 168 Å². The first-order valence-corrected chi connectivity index (χ1v) is 10.8. The summed E-state index contributed by atoms with van der Waals surface area (Å²) in [5.74, 6) is 1.52. The zero-order valence-corrected chi connectivity index (χ0v) is 16.7. The fourth-order valence-electron chi connectivity index (χ4n) is 2.48. The molecule has 138 valence electrons. The summed E-state index contributed by atoms with van der Waals surface area (Å²) in [5.41, 5.74) is 1.44. The van der Waals surface area contributed by atoms with Gasteiger partial charge >= 0.3 is 0 Å². The number of hydrogen-bond acceptors (Lipinski definition) is 4.